The molecule has 0 aromatic heterocycles. The molecule has 0 heterocycles. The molecule has 0 aliphatic heterocycles. The van der Waals surface area contributed by atoms with Crippen LogP contribution in [0.15, 0.2) is 33.3 Å². The lowest BCUT2D eigenvalue weighted by molar-refractivity contribution is -0.116. The van der Waals surface area contributed by atoms with Gasteiger partial charge in [0.15, 0.2) is 0 Å². The van der Waals surface area contributed by atoms with Gasteiger partial charge in [0.25, 0.3) is 11.8 Å². The van der Waals surface area contributed by atoms with Crippen molar-refractivity contribution >= 4 is 43.5 Å². The summed E-state index contributed by atoms with van der Waals surface area (Å²) in [5.41, 5.74) is 0.801. The van der Waals surface area contributed by atoms with E-state index in [9.17, 15) is 35.5 Å². The van der Waals surface area contributed by atoms with Crippen LogP contribution in [0.3, 0.4) is 0 Å². The van der Waals surface area contributed by atoms with Crippen molar-refractivity contribution in [1.82, 2.24) is 0 Å². The van der Waals surface area contributed by atoms with Crippen molar-refractivity contribution in [3.05, 3.63) is 23.3 Å². The summed E-state index contributed by atoms with van der Waals surface area (Å²) in [4.78, 5) is 29.8. The van der Waals surface area contributed by atoms with Crippen molar-refractivity contribution in [2.24, 2.45) is 9.98 Å². The zero-order chi connectivity index (χ0) is 18.7. The van der Waals surface area contributed by atoms with E-state index < -0.39 is 43.6 Å². The van der Waals surface area contributed by atoms with Gasteiger partial charge in [0.1, 0.15) is 31.7 Å². The summed E-state index contributed by atoms with van der Waals surface area (Å²) in [7, 11) is -9.50. The number of rotatable bonds is 4. The zero-order valence-corrected chi connectivity index (χ0v) is 14.2. The molecule has 10 nitrogen and oxygen atoms in total. The molecule has 1 rings (SSSR count). The fraction of sp³-hybridized carbons (Fsp3) is 0.333. The van der Waals surface area contributed by atoms with Gasteiger partial charge in [0, 0.05) is 0 Å². The van der Waals surface area contributed by atoms with Crippen molar-refractivity contribution in [2.75, 3.05) is 11.5 Å². The Morgan fingerprint density at radius 3 is 1.38 bits per heavy atom. The highest BCUT2D eigenvalue weighted by atomic mass is 32.2. The van der Waals surface area contributed by atoms with E-state index in [0.717, 1.165) is 0 Å². The first-order chi connectivity index (χ1) is 10.8. The summed E-state index contributed by atoms with van der Waals surface area (Å²) in [5.74, 6) is -4.86. The molecule has 0 fully saturated rings. The highest BCUT2D eigenvalue weighted by Crippen LogP contribution is 2.14. The Balaban J connectivity index is 3.06. The Kier molecular flexibility index (Phi) is 6.05. The molecule has 0 unspecified atom stereocenters. The molecule has 1 aliphatic rings. The number of amides is 2. The Morgan fingerprint density at radius 1 is 0.833 bits per heavy atom. The normalized spacial score (nSPS) is 19.2. The number of aliphatic imine (C=N–C) groups is 2. The molecule has 0 aromatic rings. The monoisotopic (exact) mass is 376 g/mol. The maximum Gasteiger partial charge on any atom is 0.260 e. The molecule has 0 N–H and O–H groups in total. The second kappa shape index (κ2) is 7.25. The summed E-state index contributed by atoms with van der Waals surface area (Å²) < 4.78 is 63.1. The van der Waals surface area contributed by atoms with Crippen LogP contribution in [-0.2, 0) is 29.8 Å². The minimum absolute atomic E-state index is 0.0731. The van der Waals surface area contributed by atoms with Gasteiger partial charge < -0.3 is 9.11 Å². The average Bonchev–Trinajstić information content (AvgIpc) is 2.30. The van der Waals surface area contributed by atoms with Crippen molar-refractivity contribution in [1.29, 1.82) is 0 Å². The van der Waals surface area contributed by atoms with Crippen LogP contribution in [0.2, 0.25) is 0 Å². The molecule has 2 amide bonds. The number of hydrogen-bond donors (Lipinski definition) is 0. The van der Waals surface area contributed by atoms with Crippen molar-refractivity contribution < 1.29 is 35.5 Å². The topological polar surface area (TPSA) is 173 Å². The van der Waals surface area contributed by atoms with Crippen LogP contribution < -0.4 is 0 Å². The van der Waals surface area contributed by atoms with Crippen LogP contribution in [0.1, 0.15) is 13.8 Å². The Hall–Kier alpha value is -2.02. The predicted molar refractivity (Wildman–Crippen MR) is 81.5 cm³/mol. The maximum atomic E-state index is 11.4. The maximum absolute atomic E-state index is 11.4. The largest absolute Gasteiger partial charge is 0.748 e. The predicted octanol–water partition coefficient (Wildman–Crippen LogP) is -1.08. The molecule has 0 atom stereocenters. The van der Waals surface area contributed by atoms with Crippen LogP contribution >= 0.6 is 0 Å². The summed E-state index contributed by atoms with van der Waals surface area (Å²) in [6.07, 6.45) is 2.62. The lowest BCUT2D eigenvalue weighted by Gasteiger charge is -2.13. The highest BCUT2D eigenvalue weighted by molar-refractivity contribution is 7.86. The number of hydrogen-bond acceptors (Lipinski definition) is 8. The molecular weight excluding hydrogens is 364 g/mol. The van der Waals surface area contributed by atoms with E-state index >= 15 is 0 Å². The molecule has 0 saturated carbocycles. The third-order valence-electron chi connectivity index (χ3n) is 2.61. The van der Waals surface area contributed by atoms with Crippen LogP contribution in [0.4, 0.5) is 0 Å². The first-order valence-electron chi connectivity index (χ1n) is 6.24. The second-order valence-electron chi connectivity index (χ2n) is 4.84. The van der Waals surface area contributed by atoms with Gasteiger partial charge in [-0.1, -0.05) is 0 Å². The van der Waals surface area contributed by atoms with Gasteiger partial charge in [0.05, 0.1) is 11.4 Å². The van der Waals surface area contributed by atoms with E-state index in [1.165, 1.54) is 26.0 Å². The third kappa shape index (κ3) is 7.04. The minimum Gasteiger partial charge on any atom is -0.748 e. The van der Waals surface area contributed by atoms with E-state index in [1.54, 1.807) is 0 Å². The average molecular weight is 376 g/mol. The molecule has 0 aromatic carbocycles. The van der Waals surface area contributed by atoms with Crippen LogP contribution in [0.25, 0.3) is 0 Å². The number of carbonyl (C=O) groups is 2. The Bertz CT molecular complexity index is 829. The molecule has 1 aliphatic carbocycles. The van der Waals surface area contributed by atoms with E-state index in [1.807, 2.05) is 0 Å². The first-order valence-corrected chi connectivity index (χ1v) is 9.40. The van der Waals surface area contributed by atoms with Crippen molar-refractivity contribution in [3.8, 4) is 0 Å². The van der Waals surface area contributed by atoms with Crippen molar-refractivity contribution in [2.45, 2.75) is 13.8 Å². The Labute approximate surface area is 138 Å². The molecular formula is C12H12N2O8S2-2. The second-order valence-corrected chi connectivity index (χ2v) is 7.65. The van der Waals surface area contributed by atoms with Gasteiger partial charge >= 0.3 is 0 Å². The summed E-state index contributed by atoms with van der Waals surface area (Å²) in [5, 5.41) is 0. The molecule has 132 valence electrons. The highest BCUT2D eigenvalue weighted by Gasteiger charge is 2.16. The van der Waals surface area contributed by atoms with Gasteiger partial charge in [-0.15, -0.1) is 0 Å². The zero-order valence-electron chi connectivity index (χ0n) is 12.5. The number of carbonyl (C=O) groups excluding carboxylic acids is 2. The summed E-state index contributed by atoms with van der Waals surface area (Å²) in [6, 6.07) is 0. The SMILES string of the molecule is CC1=CC(=NC(=O)CS(=O)(=O)[O-])C(C)=CC1=NC(=O)CS(=O)(=O)[O-]. The smallest absolute Gasteiger partial charge is 0.260 e. The molecule has 0 radical (unpaired) electrons. The number of nitrogens with zero attached hydrogens (tertiary/aromatic N) is 2. The fourth-order valence-corrected chi connectivity index (χ4v) is 2.40. The van der Waals surface area contributed by atoms with E-state index in [-0.39, 0.29) is 11.4 Å². The van der Waals surface area contributed by atoms with Crippen molar-refractivity contribution in [3.63, 3.8) is 0 Å². The van der Waals surface area contributed by atoms with Gasteiger partial charge in [-0.2, -0.15) is 0 Å². The standard InChI is InChI=1S/C12H14N2O8S2/c1-7-3-10(14-12(16)6-24(20,21)22)8(2)4-9(7)13-11(15)5-23(17,18)19/h3-4H,5-6H2,1-2H3,(H,17,18,19)(H,20,21,22)/p-2. The van der Waals surface area contributed by atoms with Crippen LogP contribution in [-0.4, -0.2) is 60.7 Å². The van der Waals surface area contributed by atoms with E-state index in [2.05, 4.69) is 9.98 Å². The van der Waals surface area contributed by atoms with E-state index in [0.29, 0.717) is 11.1 Å². The van der Waals surface area contributed by atoms with Gasteiger partial charge in [-0.25, -0.2) is 26.8 Å². The third-order valence-corrected chi connectivity index (χ3v) is 3.81. The van der Waals surface area contributed by atoms with Gasteiger partial charge in [-0.3, -0.25) is 9.59 Å². The van der Waals surface area contributed by atoms with Gasteiger partial charge in [0.2, 0.25) is 0 Å². The molecule has 0 spiro atoms. The molecule has 0 bridgehead atoms. The molecule has 0 saturated heterocycles. The van der Waals surface area contributed by atoms with E-state index in [4.69, 9.17) is 0 Å². The Morgan fingerprint density at radius 2 is 1.12 bits per heavy atom. The number of allylic oxidation sites excluding steroid dienone is 4. The molecule has 24 heavy (non-hydrogen) atoms. The lowest BCUT2D eigenvalue weighted by Crippen LogP contribution is -2.19. The quantitative estimate of drug-likeness (QED) is 0.440. The lowest BCUT2D eigenvalue weighted by atomic mass is 9.98. The summed E-state index contributed by atoms with van der Waals surface area (Å²) >= 11 is 0. The van der Waals surface area contributed by atoms with Crippen LogP contribution in [0.5, 0.6) is 0 Å². The molecule has 12 heteroatoms. The summed E-state index contributed by atoms with van der Waals surface area (Å²) in [6.45, 7) is 2.95. The van der Waals surface area contributed by atoms with Crippen LogP contribution in [0, 0.1) is 0 Å². The fourth-order valence-electron chi connectivity index (χ4n) is 1.66. The first kappa shape index (κ1) is 20.0. The van der Waals surface area contributed by atoms with Gasteiger partial charge in [-0.05, 0) is 37.1 Å². The minimum atomic E-state index is -4.75.